The zero-order valence-corrected chi connectivity index (χ0v) is 9.52. The first-order valence-electron chi connectivity index (χ1n) is 5.82. The molecule has 4 heteroatoms. The first kappa shape index (κ1) is 10.4. The number of hydrogen-bond acceptors (Lipinski definition) is 4. The Morgan fingerprint density at radius 2 is 2.24 bits per heavy atom. The number of fused-ring (bicyclic) bond motifs is 1. The van der Waals surface area contributed by atoms with E-state index in [9.17, 15) is 0 Å². The zero-order chi connectivity index (χ0) is 11.7. The van der Waals surface area contributed by atoms with Crippen molar-refractivity contribution in [1.29, 1.82) is 0 Å². The third-order valence-corrected chi connectivity index (χ3v) is 3.08. The van der Waals surface area contributed by atoms with Crippen molar-refractivity contribution in [2.75, 3.05) is 24.3 Å². The Kier molecular flexibility index (Phi) is 2.57. The topological polar surface area (TPSA) is 60.2 Å². The lowest BCUT2D eigenvalue weighted by molar-refractivity contribution is 0.195. The molecule has 1 aromatic heterocycles. The van der Waals surface area contributed by atoms with Crippen LogP contribution in [0.3, 0.4) is 0 Å². The number of nitrogens with zero attached hydrogens (tertiary/aromatic N) is 1. The molecule has 17 heavy (non-hydrogen) atoms. The van der Waals surface area contributed by atoms with Crippen LogP contribution in [0.2, 0.25) is 0 Å². The van der Waals surface area contributed by atoms with Crippen LogP contribution in [-0.4, -0.2) is 24.2 Å². The number of pyridine rings is 1. The molecule has 0 bridgehead atoms. The quantitative estimate of drug-likeness (QED) is 0.827. The maximum absolute atomic E-state index is 6.00. The van der Waals surface area contributed by atoms with E-state index in [0.29, 0.717) is 11.7 Å². The molecule has 1 fully saturated rings. The second-order valence-electron chi connectivity index (χ2n) is 4.31. The maximum atomic E-state index is 6.00. The summed E-state index contributed by atoms with van der Waals surface area (Å²) < 4.78 is 5.36. The van der Waals surface area contributed by atoms with Gasteiger partial charge in [0, 0.05) is 12.0 Å². The second-order valence-corrected chi connectivity index (χ2v) is 4.31. The molecule has 0 spiro atoms. The minimum Gasteiger partial charge on any atom is -0.396 e. The summed E-state index contributed by atoms with van der Waals surface area (Å²) in [6, 6.07) is 8.36. The van der Waals surface area contributed by atoms with E-state index in [4.69, 9.17) is 10.5 Å². The molecule has 88 valence electrons. The maximum Gasteiger partial charge on any atom is 0.0743 e. The van der Waals surface area contributed by atoms with Gasteiger partial charge in [-0.1, -0.05) is 18.2 Å². The lowest BCUT2D eigenvalue weighted by atomic mass is 10.1. The van der Waals surface area contributed by atoms with E-state index in [1.165, 1.54) is 0 Å². The van der Waals surface area contributed by atoms with E-state index in [-0.39, 0.29) is 0 Å². The number of aromatic nitrogens is 1. The second kappa shape index (κ2) is 4.22. The van der Waals surface area contributed by atoms with Crippen LogP contribution in [0, 0.1) is 0 Å². The van der Waals surface area contributed by atoms with Gasteiger partial charge in [0.1, 0.15) is 0 Å². The largest absolute Gasteiger partial charge is 0.396 e. The number of nitrogen functional groups attached to an aromatic ring is 1. The van der Waals surface area contributed by atoms with Gasteiger partial charge in [0.05, 0.1) is 35.7 Å². The van der Waals surface area contributed by atoms with Crippen molar-refractivity contribution < 1.29 is 4.74 Å². The Morgan fingerprint density at radius 3 is 3.06 bits per heavy atom. The van der Waals surface area contributed by atoms with E-state index in [2.05, 4.69) is 10.3 Å². The number of anilines is 2. The fourth-order valence-corrected chi connectivity index (χ4v) is 2.17. The third-order valence-electron chi connectivity index (χ3n) is 3.08. The number of hydrogen-bond donors (Lipinski definition) is 2. The minimum absolute atomic E-state index is 0.350. The smallest absolute Gasteiger partial charge is 0.0743 e. The molecule has 2 aromatic rings. The third kappa shape index (κ3) is 1.91. The Hall–Kier alpha value is -1.81. The molecule has 0 amide bonds. The highest BCUT2D eigenvalue weighted by Crippen LogP contribution is 2.29. The molecule has 0 aliphatic carbocycles. The van der Waals surface area contributed by atoms with E-state index in [0.717, 1.165) is 36.2 Å². The molecule has 3 rings (SSSR count). The molecule has 0 radical (unpaired) electrons. The highest BCUT2D eigenvalue weighted by molar-refractivity contribution is 5.96. The molecule has 1 unspecified atom stereocenters. The highest BCUT2D eigenvalue weighted by atomic mass is 16.5. The van der Waals surface area contributed by atoms with Crippen molar-refractivity contribution in [2.45, 2.75) is 12.5 Å². The van der Waals surface area contributed by atoms with Gasteiger partial charge in [0.2, 0.25) is 0 Å². The molecule has 1 aliphatic rings. The Morgan fingerprint density at radius 1 is 1.35 bits per heavy atom. The van der Waals surface area contributed by atoms with E-state index in [1.807, 2.05) is 24.3 Å². The van der Waals surface area contributed by atoms with Gasteiger partial charge < -0.3 is 15.8 Å². The van der Waals surface area contributed by atoms with Crippen LogP contribution in [-0.2, 0) is 4.74 Å². The lowest BCUT2D eigenvalue weighted by Gasteiger charge is -2.16. The minimum atomic E-state index is 0.350. The summed E-state index contributed by atoms with van der Waals surface area (Å²) >= 11 is 0. The summed E-state index contributed by atoms with van der Waals surface area (Å²) in [4.78, 5) is 4.32. The molecule has 0 saturated carbocycles. The van der Waals surface area contributed by atoms with Crippen molar-refractivity contribution in [2.24, 2.45) is 0 Å². The SMILES string of the molecule is Nc1cnc2ccccc2c1NC1CCOC1. The van der Waals surface area contributed by atoms with E-state index >= 15 is 0 Å². The fourth-order valence-electron chi connectivity index (χ4n) is 2.17. The van der Waals surface area contributed by atoms with Crippen molar-refractivity contribution in [3.8, 4) is 0 Å². The fraction of sp³-hybridized carbons (Fsp3) is 0.308. The van der Waals surface area contributed by atoms with E-state index < -0.39 is 0 Å². The molecule has 4 nitrogen and oxygen atoms in total. The first-order chi connectivity index (χ1) is 8.34. The number of benzene rings is 1. The van der Waals surface area contributed by atoms with Crippen LogP contribution in [0.5, 0.6) is 0 Å². The standard InChI is InChI=1S/C13H15N3O/c14-11-7-15-12-4-2-1-3-10(12)13(11)16-9-5-6-17-8-9/h1-4,7,9H,5-6,8,14H2,(H,15,16). The van der Waals surface area contributed by atoms with Crippen molar-refractivity contribution in [3.63, 3.8) is 0 Å². The molecule has 1 aliphatic heterocycles. The average molecular weight is 229 g/mol. The lowest BCUT2D eigenvalue weighted by Crippen LogP contribution is -2.20. The predicted molar refractivity (Wildman–Crippen MR) is 69.0 cm³/mol. The average Bonchev–Trinajstić information content (AvgIpc) is 2.86. The number of nitrogens with two attached hydrogens (primary N) is 1. The van der Waals surface area contributed by atoms with Gasteiger partial charge >= 0.3 is 0 Å². The molecular formula is C13H15N3O. The number of nitrogens with one attached hydrogen (secondary N) is 1. The number of ether oxygens (including phenoxy) is 1. The summed E-state index contributed by atoms with van der Waals surface area (Å²) in [6.45, 7) is 1.57. The molecule has 1 aromatic carbocycles. The van der Waals surface area contributed by atoms with Crippen LogP contribution < -0.4 is 11.1 Å². The summed E-state index contributed by atoms with van der Waals surface area (Å²) in [7, 11) is 0. The molecular weight excluding hydrogens is 214 g/mol. The molecule has 1 saturated heterocycles. The van der Waals surface area contributed by atoms with Crippen LogP contribution in [0.1, 0.15) is 6.42 Å². The predicted octanol–water partition coefficient (Wildman–Crippen LogP) is 2.02. The van der Waals surface area contributed by atoms with Gasteiger partial charge in [0.25, 0.3) is 0 Å². The highest BCUT2D eigenvalue weighted by Gasteiger charge is 2.17. The van der Waals surface area contributed by atoms with Crippen LogP contribution >= 0.6 is 0 Å². The monoisotopic (exact) mass is 229 g/mol. The van der Waals surface area contributed by atoms with E-state index in [1.54, 1.807) is 6.20 Å². The number of rotatable bonds is 2. The Balaban J connectivity index is 2.03. The van der Waals surface area contributed by atoms with Gasteiger partial charge in [-0.05, 0) is 12.5 Å². The zero-order valence-electron chi connectivity index (χ0n) is 9.52. The Bertz CT molecular complexity index is 535. The summed E-state index contributed by atoms with van der Waals surface area (Å²) in [5.41, 5.74) is 8.63. The van der Waals surface area contributed by atoms with Crippen molar-refractivity contribution >= 4 is 22.3 Å². The summed E-state index contributed by atoms with van der Waals surface area (Å²) in [5.74, 6) is 0. The summed E-state index contributed by atoms with van der Waals surface area (Å²) in [5, 5.41) is 4.53. The van der Waals surface area contributed by atoms with Gasteiger partial charge in [-0.2, -0.15) is 0 Å². The molecule has 3 N–H and O–H groups in total. The van der Waals surface area contributed by atoms with Gasteiger partial charge in [-0.25, -0.2) is 0 Å². The van der Waals surface area contributed by atoms with Crippen molar-refractivity contribution in [3.05, 3.63) is 30.5 Å². The van der Waals surface area contributed by atoms with Crippen LogP contribution in [0.4, 0.5) is 11.4 Å². The first-order valence-corrected chi connectivity index (χ1v) is 5.82. The van der Waals surface area contributed by atoms with Gasteiger partial charge in [0.15, 0.2) is 0 Å². The van der Waals surface area contributed by atoms with Gasteiger partial charge in [-0.3, -0.25) is 4.98 Å². The van der Waals surface area contributed by atoms with Gasteiger partial charge in [-0.15, -0.1) is 0 Å². The Labute approximate surface area is 99.8 Å². The summed E-state index contributed by atoms with van der Waals surface area (Å²) in [6.07, 6.45) is 2.73. The normalized spacial score (nSPS) is 19.6. The van der Waals surface area contributed by atoms with Crippen LogP contribution in [0.15, 0.2) is 30.5 Å². The molecule has 1 atom stereocenters. The van der Waals surface area contributed by atoms with Crippen LogP contribution in [0.25, 0.3) is 10.9 Å². The number of para-hydroxylation sites is 1. The molecule has 2 heterocycles. The van der Waals surface area contributed by atoms with Crippen molar-refractivity contribution in [1.82, 2.24) is 4.98 Å².